The van der Waals surface area contributed by atoms with Crippen LogP contribution in [0.1, 0.15) is 46.7 Å². The molecule has 0 saturated heterocycles. The molecule has 154 valence electrons. The highest BCUT2D eigenvalue weighted by atomic mass is 16.3. The van der Waals surface area contributed by atoms with Crippen LogP contribution in [0.15, 0.2) is 71.0 Å². The van der Waals surface area contributed by atoms with Crippen LogP contribution in [0.2, 0.25) is 0 Å². The smallest absolute Gasteiger partial charge is 0.272 e. The Bertz CT molecular complexity index is 1040. The molecule has 0 radical (unpaired) electrons. The van der Waals surface area contributed by atoms with Crippen molar-refractivity contribution in [2.45, 2.75) is 33.6 Å². The molecule has 1 heterocycles. The summed E-state index contributed by atoms with van der Waals surface area (Å²) in [6.45, 7) is 6.00. The predicted molar refractivity (Wildman–Crippen MR) is 119 cm³/mol. The molecule has 0 unspecified atom stereocenters. The van der Waals surface area contributed by atoms with Crippen LogP contribution in [0.25, 0.3) is 6.08 Å². The first kappa shape index (κ1) is 21.1. The number of para-hydroxylation sites is 1. The third-order valence-corrected chi connectivity index (χ3v) is 4.84. The lowest BCUT2D eigenvalue weighted by molar-refractivity contribution is -0.113. The van der Waals surface area contributed by atoms with Gasteiger partial charge in [0.1, 0.15) is 11.5 Å². The number of carbonyl (C=O) groups is 2. The third kappa shape index (κ3) is 5.06. The van der Waals surface area contributed by atoms with Gasteiger partial charge in [-0.15, -0.1) is 0 Å². The Balaban J connectivity index is 1.92. The predicted octanol–water partition coefficient (Wildman–Crippen LogP) is 5.12. The zero-order valence-electron chi connectivity index (χ0n) is 17.5. The van der Waals surface area contributed by atoms with Gasteiger partial charge in [0.25, 0.3) is 11.8 Å². The number of hydrogen-bond acceptors (Lipinski definition) is 3. The van der Waals surface area contributed by atoms with Crippen molar-refractivity contribution in [2.24, 2.45) is 0 Å². The van der Waals surface area contributed by atoms with Gasteiger partial charge in [-0.1, -0.05) is 49.7 Å². The minimum Gasteiger partial charge on any atom is -0.465 e. The molecule has 0 saturated carbocycles. The summed E-state index contributed by atoms with van der Waals surface area (Å²) >= 11 is 0. The molecule has 0 atom stereocenters. The van der Waals surface area contributed by atoms with Crippen molar-refractivity contribution in [3.8, 4) is 0 Å². The minimum atomic E-state index is -0.400. The van der Waals surface area contributed by atoms with E-state index in [0.29, 0.717) is 11.3 Å². The van der Waals surface area contributed by atoms with Gasteiger partial charge < -0.3 is 15.1 Å². The lowest BCUT2D eigenvalue weighted by Crippen LogP contribution is -2.31. The van der Waals surface area contributed by atoms with E-state index in [4.69, 9.17) is 4.42 Å². The summed E-state index contributed by atoms with van der Waals surface area (Å²) in [6, 6.07) is 16.7. The lowest BCUT2D eigenvalue weighted by Gasteiger charge is -2.16. The van der Waals surface area contributed by atoms with E-state index in [2.05, 4.69) is 10.6 Å². The zero-order valence-corrected chi connectivity index (χ0v) is 17.5. The quantitative estimate of drug-likeness (QED) is 0.539. The molecule has 3 aromatic rings. The van der Waals surface area contributed by atoms with Crippen LogP contribution >= 0.6 is 0 Å². The second-order valence-corrected chi connectivity index (χ2v) is 7.01. The molecule has 0 aliphatic rings. The number of aryl methyl sites for hydroxylation is 3. The first-order chi connectivity index (χ1) is 14.5. The molecule has 0 aliphatic carbocycles. The van der Waals surface area contributed by atoms with Crippen molar-refractivity contribution < 1.29 is 14.0 Å². The highest BCUT2D eigenvalue weighted by molar-refractivity contribution is 6.11. The molecular weight excluding hydrogens is 376 g/mol. The summed E-state index contributed by atoms with van der Waals surface area (Å²) in [7, 11) is 0. The Morgan fingerprint density at radius 2 is 1.67 bits per heavy atom. The molecule has 5 nitrogen and oxygen atoms in total. The van der Waals surface area contributed by atoms with Crippen molar-refractivity contribution >= 4 is 23.6 Å². The Labute approximate surface area is 176 Å². The molecule has 3 rings (SSSR count). The number of benzene rings is 2. The van der Waals surface area contributed by atoms with E-state index in [0.717, 1.165) is 35.2 Å². The van der Waals surface area contributed by atoms with E-state index in [1.54, 1.807) is 24.3 Å². The SMILES string of the molecule is CCc1cccc(CC)c1NC(=O)/C(=C/c1ccco1)NC(=O)c1cccc(C)c1. The Kier molecular flexibility index (Phi) is 6.86. The highest BCUT2D eigenvalue weighted by Gasteiger charge is 2.18. The molecule has 1 aromatic heterocycles. The number of rotatable bonds is 7. The van der Waals surface area contributed by atoms with Crippen LogP contribution < -0.4 is 10.6 Å². The maximum absolute atomic E-state index is 13.2. The zero-order chi connectivity index (χ0) is 21.5. The van der Waals surface area contributed by atoms with Gasteiger partial charge in [0.2, 0.25) is 0 Å². The number of amides is 2. The average Bonchev–Trinajstić information content (AvgIpc) is 3.26. The average molecular weight is 402 g/mol. The second kappa shape index (κ2) is 9.74. The van der Waals surface area contributed by atoms with E-state index in [1.165, 1.54) is 12.3 Å². The molecule has 0 spiro atoms. The largest absolute Gasteiger partial charge is 0.465 e. The Morgan fingerprint density at radius 1 is 0.967 bits per heavy atom. The van der Waals surface area contributed by atoms with Crippen LogP contribution in [-0.2, 0) is 17.6 Å². The molecule has 0 fully saturated rings. The van der Waals surface area contributed by atoms with Crippen LogP contribution in [-0.4, -0.2) is 11.8 Å². The van der Waals surface area contributed by atoms with Crippen molar-refractivity contribution in [3.63, 3.8) is 0 Å². The third-order valence-electron chi connectivity index (χ3n) is 4.84. The molecule has 2 aromatic carbocycles. The van der Waals surface area contributed by atoms with Gasteiger partial charge in [0.05, 0.1) is 6.26 Å². The summed E-state index contributed by atoms with van der Waals surface area (Å²) in [5, 5.41) is 5.74. The van der Waals surface area contributed by atoms with Gasteiger partial charge in [-0.25, -0.2) is 0 Å². The minimum absolute atomic E-state index is 0.115. The second-order valence-electron chi connectivity index (χ2n) is 7.01. The standard InChI is InChI=1S/C25H26N2O3/c1-4-18-10-7-11-19(5-2)23(18)27-25(29)22(16-21-13-8-14-30-21)26-24(28)20-12-6-9-17(3)15-20/h6-16H,4-5H2,1-3H3,(H,26,28)(H,27,29)/b22-16-. The van der Waals surface area contributed by atoms with E-state index in [-0.39, 0.29) is 11.6 Å². The van der Waals surface area contributed by atoms with Gasteiger partial charge in [-0.2, -0.15) is 0 Å². The number of carbonyl (C=O) groups excluding carboxylic acids is 2. The maximum atomic E-state index is 13.2. The number of hydrogen-bond donors (Lipinski definition) is 2. The monoisotopic (exact) mass is 402 g/mol. The molecule has 0 aliphatic heterocycles. The van der Waals surface area contributed by atoms with Gasteiger partial charge in [0, 0.05) is 17.3 Å². The molecular formula is C25H26N2O3. The fourth-order valence-corrected chi connectivity index (χ4v) is 3.24. The van der Waals surface area contributed by atoms with Crippen molar-refractivity contribution in [1.29, 1.82) is 0 Å². The highest BCUT2D eigenvalue weighted by Crippen LogP contribution is 2.23. The molecule has 2 amide bonds. The summed E-state index contributed by atoms with van der Waals surface area (Å²) < 4.78 is 5.35. The number of anilines is 1. The van der Waals surface area contributed by atoms with Crippen LogP contribution in [0.3, 0.4) is 0 Å². The maximum Gasteiger partial charge on any atom is 0.272 e. The van der Waals surface area contributed by atoms with Gasteiger partial charge in [-0.3, -0.25) is 9.59 Å². The normalized spacial score (nSPS) is 11.2. The lowest BCUT2D eigenvalue weighted by atomic mass is 10.0. The van der Waals surface area contributed by atoms with Crippen molar-refractivity contribution in [3.05, 3.63) is 94.6 Å². The van der Waals surface area contributed by atoms with E-state index in [1.807, 2.05) is 51.1 Å². The number of nitrogens with one attached hydrogen (secondary N) is 2. The molecule has 0 bridgehead atoms. The van der Waals surface area contributed by atoms with E-state index < -0.39 is 5.91 Å². The van der Waals surface area contributed by atoms with Gasteiger partial charge in [-0.05, 0) is 55.2 Å². The van der Waals surface area contributed by atoms with Gasteiger partial charge >= 0.3 is 0 Å². The van der Waals surface area contributed by atoms with E-state index >= 15 is 0 Å². The summed E-state index contributed by atoms with van der Waals surface area (Å²) in [4.78, 5) is 25.9. The fourth-order valence-electron chi connectivity index (χ4n) is 3.24. The van der Waals surface area contributed by atoms with Crippen LogP contribution in [0.4, 0.5) is 5.69 Å². The molecule has 5 heteroatoms. The summed E-state index contributed by atoms with van der Waals surface area (Å²) in [6.07, 6.45) is 4.63. The van der Waals surface area contributed by atoms with Crippen LogP contribution in [0, 0.1) is 6.92 Å². The van der Waals surface area contributed by atoms with Crippen molar-refractivity contribution in [2.75, 3.05) is 5.32 Å². The van der Waals surface area contributed by atoms with E-state index in [9.17, 15) is 9.59 Å². The summed E-state index contributed by atoms with van der Waals surface area (Å²) in [5.74, 6) is -0.279. The first-order valence-corrected chi connectivity index (χ1v) is 10.1. The fraction of sp³-hybridized carbons (Fsp3) is 0.200. The Morgan fingerprint density at radius 3 is 2.27 bits per heavy atom. The summed E-state index contributed by atoms with van der Waals surface area (Å²) in [5.41, 5.74) is 4.45. The topological polar surface area (TPSA) is 71.3 Å². The molecule has 2 N–H and O–H groups in total. The Hall–Kier alpha value is -3.60. The first-order valence-electron chi connectivity index (χ1n) is 10.1. The van der Waals surface area contributed by atoms with Crippen molar-refractivity contribution in [1.82, 2.24) is 5.32 Å². The van der Waals surface area contributed by atoms with Crippen LogP contribution in [0.5, 0.6) is 0 Å². The number of furan rings is 1. The molecule has 30 heavy (non-hydrogen) atoms. The van der Waals surface area contributed by atoms with Gasteiger partial charge in [0.15, 0.2) is 0 Å².